The molecule has 0 aromatic heterocycles. The van der Waals surface area contributed by atoms with Crippen LogP contribution in [-0.2, 0) is 6.54 Å². The Balaban J connectivity index is 0.00000180. The van der Waals surface area contributed by atoms with Crippen LogP contribution in [0.15, 0.2) is 18.2 Å². The second-order valence-electron chi connectivity index (χ2n) is 4.40. The van der Waals surface area contributed by atoms with E-state index in [1.54, 1.807) is 6.07 Å². The molecule has 1 fully saturated rings. The standard InChI is InChI=1S/C12H14N2O4.2ClH/c15-12(16)10-4-3-9(7-11(10)14(17)18)8-13-5-1-2-6-13;;/h3-4,7H,1-2,5-6,8H2,(H,15,16);2*1H. The summed E-state index contributed by atoms with van der Waals surface area (Å²) in [6, 6.07) is 4.32. The number of rotatable bonds is 4. The van der Waals surface area contributed by atoms with E-state index in [4.69, 9.17) is 5.11 Å². The Morgan fingerprint density at radius 1 is 1.30 bits per heavy atom. The molecule has 1 saturated heterocycles. The molecule has 2 rings (SSSR count). The number of nitro groups is 1. The number of likely N-dealkylation sites (tertiary alicyclic amines) is 1. The van der Waals surface area contributed by atoms with E-state index in [9.17, 15) is 14.9 Å². The first-order valence-corrected chi connectivity index (χ1v) is 5.81. The van der Waals surface area contributed by atoms with Gasteiger partial charge >= 0.3 is 5.97 Å². The van der Waals surface area contributed by atoms with Gasteiger partial charge in [-0.1, -0.05) is 6.07 Å². The third-order valence-corrected chi connectivity index (χ3v) is 3.09. The fourth-order valence-corrected chi connectivity index (χ4v) is 2.21. The summed E-state index contributed by atoms with van der Waals surface area (Å²) < 4.78 is 0. The van der Waals surface area contributed by atoms with Crippen molar-refractivity contribution in [1.29, 1.82) is 0 Å². The number of hydrogen-bond donors (Lipinski definition) is 1. The zero-order valence-electron chi connectivity index (χ0n) is 10.7. The largest absolute Gasteiger partial charge is 0.477 e. The maximum Gasteiger partial charge on any atom is 0.342 e. The Labute approximate surface area is 128 Å². The van der Waals surface area contributed by atoms with Crippen molar-refractivity contribution in [2.45, 2.75) is 19.4 Å². The molecular formula is C12H16Cl2N2O4. The van der Waals surface area contributed by atoms with Gasteiger partial charge < -0.3 is 5.11 Å². The smallest absolute Gasteiger partial charge is 0.342 e. The van der Waals surface area contributed by atoms with Gasteiger partial charge in [-0.3, -0.25) is 15.0 Å². The first-order valence-electron chi connectivity index (χ1n) is 5.81. The monoisotopic (exact) mass is 322 g/mol. The Hall–Kier alpha value is -1.37. The highest BCUT2D eigenvalue weighted by atomic mass is 35.5. The summed E-state index contributed by atoms with van der Waals surface area (Å²) in [5.41, 5.74) is 0.193. The number of carboxylic acids is 1. The number of nitro benzene ring substituents is 1. The molecule has 6 nitrogen and oxygen atoms in total. The molecule has 1 aliphatic heterocycles. The van der Waals surface area contributed by atoms with E-state index >= 15 is 0 Å². The number of carboxylic acid groups (broad SMARTS) is 1. The summed E-state index contributed by atoms with van der Waals surface area (Å²) in [6.07, 6.45) is 2.30. The Morgan fingerprint density at radius 2 is 1.90 bits per heavy atom. The van der Waals surface area contributed by atoms with Crippen molar-refractivity contribution in [2.24, 2.45) is 0 Å². The molecule has 20 heavy (non-hydrogen) atoms. The highest BCUT2D eigenvalue weighted by Crippen LogP contribution is 2.22. The molecule has 1 heterocycles. The van der Waals surface area contributed by atoms with Crippen LogP contribution < -0.4 is 0 Å². The Kier molecular flexibility index (Phi) is 7.49. The minimum atomic E-state index is -1.27. The number of nitrogens with zero attached hydrogens (tertiary/aromatic N) is 2. The lowest BCUT2D eigenvalue weighted by Crippen LogP contribution is -2.18. The van der Waals surface area contributed by atoms with Crippen molar-refractivity contribution >= 4 is 36.5 Å². The summed E-state index contributed by atoms with van der Waals surface area (Å²) in [5, 5.41) is 19.7. The van der Waals surface area contributed by atoms with Crippen LogP contribution in [0.25, 0.3) is 0 Å². The van der Waals surface area contributed by atoms with Gasteiger partial charge in [-0.15, -0.1) is 24.8 Å². The van der Waals surface area contributed by atoms with E-state index in [2.05, 4.69) is 4.90 Å². The van der Waals surface area contributed by atoms with Crippen LogP contribution in [0, 0.1) is 10.1 Å². The van der Waals surface area contributed by atoms with Gasteiger partial charge in [-0.05, 0) is 37.6 Å². The van der Waals surface area contributed by atoms with E-state index in [-0.39, 0.29) is 36.1 Å². The number of benzene rings is 1. The Bertz CT molecular complexity index is 490. The van der Waals surface area contributed by atoms with Gasteiger partial charge in [-0.25, -0.2) is 4.79 Å². The molecule has 0 bridgehead atoms. The number of hydrogen-bond acceptors (Lipinski definition) is 4. The minimum Gasteiger partial charge on any atom is -0.477 e. The summed E-state index contributed by atoms with van der Waals surface area (Å²) in [7, 11) is 0. The van der Waals surface area contributed by atoms with E-state index in [1.165, 1.54) is 12.1 Å². The molecule has 0 atom stereocenters. The van der Waals surface area contributed by atoms with Crippen molar-refractivity contribution < 1.29 is 14.8 Å². The third-order valence-electron chi connectivity index (χ3n) is 3.09. The number of carbonyl (C=O) groups is 1. The van der Waals surface area contributed by atoms with Crippen molar-refractivity contribution in [3.05, 3.63) is 39.4 Å². The molecule has 1 aliphatic rings. The molecular weight excluding hydrogens is 307 g/mol. The third kappa shape index (κ3) is 4.33. The molecule has 1 aromatic carbocycles. The zero-order valence-corrected chi connectivity index (χ0v) is 12.3. The highest BCUT2D eigenvalue weighted by Gasteiger charge is 2.21. The molecule has 0 unspecified atom stereocenters. The highest BCUT2D eigenvalue weighted by molar-refractivity contribution is 5.92. The van der Waals surface area contributed by atoms with Crippen LogP contribution in [-0.4, -0.2) is 34.0 Å². The molecule has 0 spiro atoms. The molecule has 0 aliphatic carbocycles. The maximum atomic E-state index is 10.9. The molecule has 1 aromatic rings. The topological polar surface area (TPSA) is 83.7 Å². The molecule has 0 saturated carbocycles. The average Bonchev–Trinajstić information content (AvgIpc) is 2.81. The quantitative estimate of drug-likeness (QED) is 0.680. The molecule has 1 N–H and O–H groups in total. The van der Waals surface area contributed by atoms with Crippen molar-refractivity contribution in [1.82, 2.24) is 4.90 Å². The van der Waals surface area contributed by atoms with E-state index in [0.29, 0.717) is 6.54 Å². The number of halogens is 2. The summed E-state index contributed by atoms with van der Waals surface area (Å²) in [5.74, 6) is -1.27. The SMILES string of the molecule is Cl.Cl.O=C(O)c1ccc(CN2CCCC2)cc1[N+](=O)[O-]. The van der Waals surface area contributed by atoms with Crippen LogP contribution in [0.5, 0.6) is 0 Å². The molecule has 8 heteroatoms. The first kappa shape index (κ1) is 18.6. The predicted molar refractivity (Wildman–Crippen MR) is 79.1 cm³/mol. The first-order chi connectivity index (χ1) is 8.58. The predicted octanol–water partition coefficient (Wildman–Crippen LogP) is 2.73. The van der Waals surface area contributed by atoms with Crippen molar-refractivity contribution in [3.8, 4) is 0 Å². The van der Waals surface area contributed by atoms with E-state index < -0.39 is 10.9 Å². The van der Waals surface area contributed by atoms with Gasteiger partial charge in [0.15, 0.2) is 0 Å². The van der Waals surface area contributed by atoms with Gasteiger partial charge in [0.05, 0.1) is 4.92 Å². The maximum absolute atomic E-state index is 10.9. The fraction of sp³-hybridized carbons (Fsp3) is 0.417. The average molecular weight is 323 g/mol. The van der Waals surface area contributed by atoms with E-state index in [1.807, 2.05) is 0 Å². The van der Waals surface area contributed by atoms with Gasteiger partial charge in [0.2, 0.25) is 0 Å². The normalized spacial score (nSPS) is 14.2. The van der Waals surface area contributed by atoms with Gasteiger partial charge in [0.25, 0.3) is 5.69 Å². The summed E-state index contributed by atoms with van der Waals surface area (Å²) in [4.78, 5) is 23.3. The van der Waals surface area contributed by atoms with Crippen LogP contribution in [0.3, 0.4) is 0 Å². The Morgan fingerprint density at radius 3 is 2.40 bits per heavy atom. The molecule has 0 radical (unpaired) electrons. The lowest BCUT2D eigenvalue weighted by Gasteiger charge is -2.14. The van der Waals surface area contributed by atoms with Gasteiger partial charge in [-0.2, -0.15) is 0 Å². The summed E-state index contributed by atoms with van der Waals surface area (Å²) in [6.45, 7) is 2.63. The second-order valence-corrected chi connectivity index (χ2v) is 4.40. The minimum absolute atomic E-state index is 0. The summed E-state index contributed by atoms with van der Waals surface area (Å²) >= 11 is 0. The van der Waals surface area contributed by atoms with Crippen LogP contribution in [0.2, 0.25) is 0 Å². The zero-order chi connectivity index (χ0) is 13.1. The van der Waals surface area contributed by atoms with E-state index in [0.717, 1.165) is 31.5 Å². The van der Waals surface area contributed by atoms with Crippen LogP contribution in [0.1, 0.15) is 28.8 Å². The fourth-order valence-electron chi connectivity index (χ4n) is 2.21. The lowest BCUT2D eigenvalue weighted by molar-refractivity contribution is -0.385. The number of aromatic carboxylic acids is 1. The molecule has 112 valence electrons. The van der Waals surface area contributed by atoms with Gasteiger partial charge in [0.1, 0.15) is 5.56 Å². The lowest BCUT2D eigenvalue weighted by atomic mass is 10.1. The van der Waals surface area contributed by atoms with Gasteiger partial charge in [0, 0.05) is 12.6 Å². The van der Waals surface area contributed by atoms with Crippen LogP contribution in [0.4, 0.5) is 5.69 Å². The van der Waals surface area contributed by atoms with Crippen molar-refractivity contribution in [3.63, 3.8) is 0 Å². The van der Waals surface area contributed by atoms with Crippen molar-refractivity contribution in [2.75, 3.05) is 13.1 Å². The van der Waals surface area contributed by atoms with Crippen LogP contribution >= 0.6 is 24.8 Å². The second kappa shape index (κ2) is 8.04. The molecule has 0 amide bonds.